The fourth-order valence-corrected chi connectivity index (χ4v) is 6.24. The number of rotatable bonds is 37. The van der Waals surface area contributed by atoms with Crippen molar-refractivity contribution >= 4 is 19.8 Å². The van der Waals surface area contributed by atoms with E-state index in [-0.39, 0.29) is 44.8 Å². The zero-order chi connectivity index (χ0) is 40.8. The number of epoxide rings is 1. The van der Waals surface area contributed by atoms with Gasteiger partial charge in [0.15, 0.2) is 6.10 Å². The summed E-state index contributed by atoms with van der Waals surface area (Å²) in [5, 5.41) is 0. The van der Waals surface area contributed by atoms with E-state index in [0.717, 1.165) is 83.5 Å². The predicted octanol–water partition coefficient (Wildman–Crippen LogP) is 11.0. The van der Waals surface area contributed by atoms with Gasteiger partial charge in [-0.3, -0.25) is 18.6 Å². The van der Waals surface area contributed by atoms with E-state index in [1.54, 1.807) is 0 Å². The maximum atomic E-state index is 12.6. The number of hydrogen-bond donors (Lipinski definition) is 2. The zero-order valence-corrected chi connectivity index (χ0v) is 35.4. The molecule has 56 heavy (non-hydrogen) atoms. The van der Waals surface area contributed by atoms with Crippen LogP contribution >= 0.6 is 7.82 Å². The first-order chi connectivity index (χ1) is 27.3. The number of phosphoric ester groups is 1. The van der Waals surface area contributed by atoms with Crippen LogP contribution in [-0.4, -0.2) is 61.5 Å². The molecule has 1 aliphatic rings. The van der Waals surface area contributed by atoms with E-state index in [9.17, 15) is 19.0 Å². The summed E-state index contributed by atoms with van der Waals surface area (Å²) in [4.78, 5) is 35.0. The molecule has 10 nitrogen and oxygen atoms in total. The van der Waals surface area contributed by atoms with Crippen LogP contribution in [0.1, 0.15) is 142 Å². The minimum atomic E-state index is -4.41. The van der Waals surface area contributed by atoms with Crippen LogP contribution in [-0.2, 0) is 37.4 Å². The van der Waals surface area contributed by atoms with Gasteiger partial charge in [-0.15, -0.1) is 0 Å². The van der Waals surface area contributed by atoms with Gasteiger partial charge >= 0.3 is 19.8 Å². The summed E-state index contributed by atoms with van der Waals surface area (Å²) in [5.74, 6) is -0.942. The van der Waals surface area contributed by atoms with E-state index in [1.165, 1.54) is 19.3 Å². The molecule has 3 unspecified atom stereocenters. The van der Waals surface area contributed by atoms with Crippen molar-refractivity contribution in [2.24, 2.45) is 5.73 Å². The van der Waals surface area contributed by atoms with Gasteiger partial charge in [-0.1, -0.05) is 125 Å². The van der Waals surface area contributed by atoms with E-state index < -0.39 is 32.5 Å². The van der Waals surface area contributed by atoms with E-state index >= 15 is 0 Å². The monoisotopic (exact) mass is 804 g/mol. The predicted molar refractivity (Wildman–Crippen MR) is 228 cm³/mol. The van der Waals surface area contributed by atoms with Crippen LogP contribution in [0.3, 0.4) is 0 Å². The summed E-state index contributed by atoms with van der Waals surface area (Å²) in [6.07, 6.45) is 47.7. The lowest BCUT2D eigenvalue weighted by atomic mass is 10.1. The summed E-state index contributed by atoms with van der Waals surface area (Å²) in [5.41, 5.74) is 5.34. The van der Waals surface area contributed by atoms with Crippen LogP contribution in [0.5, 0.6) is 0 Å². The number of carbonyl (C=O) groups excluding carboxylic acids is 2. The molecule has 1 aliphatic heterocycles. The number of unbranched alkanes of at least 4 members (excludes halogenated alkanes) is 7. The Morgan fingerprint density at radius 1 is 0.661 bits per heavy atom. The maximum Gasteiger partial charge on any atom is 0.472 e. The molecular weight excluding hydrogens is 729 g/mol. The number of nitrogens with two attached hydrogens (primary N) is 1. The zero-order valence-electron chi connectivity index (χ0n) is 34.5. The van der Waals surface area contributed by atoms with Crippen molar-refractivity contribution in [3.05, 3.63) is 85.1 Å². The number of esters is 2. The molecule has 1 fully saturated rings. The summed E-state index contributed by atoms with van der Waals surface area (Å²) in [6, 6.07) is 0. The quantitative estimate of drug-likeness (QED) is 0.0204. The Morgan fingerprint density at radius 2 is 1.21 bits per heavy atom. The molecule has 1 rings (SSSR count). The fourth-order valence-electron chi connectivity index (χ4n) is 5.47. The molecule has 11 heteroatoms. The second kappa shape index (κ2) is 36.5. The first-order valence-corrected chi connectivity index (χ1v) is 22.7. The first kappa shape index (κ1) is 51.2. The number of hydrogen-bond acceptors (Lipinski definition) is 9. The Labute approximate surface area is 339 Å². The fraction of sp³-hybridized carbons (Fsp3) is 0.644. The second-order valence-corrected chi connectivity index (χ2v) is 15.3. The van der Waals surface area contributed by atoms with Crippen molar-refractivity contribution in [3.8, 4) is 0 Å². The number of ether oxygens (including phenoxy) is 3. The molecule has 0 radical (unpaired) electrons. The highest BCUT2D eigenvalue weighted by Crippen LogP contribution is 2.43. The summed E-state index contributed by atoms with van der Waals surface area (Å²) >= 11 is 0. The molecule has 4 atom stereocenters. The van der Waals surface area contributed by atoms with Crippen molar-refractivity contribution in [1.29, 1.82) is 0 Å². The first-order valence-electron chi connectivity index (χ1n) is 21.2. The standard InChI is InChI=1S/C45H74NO9P/c1-3-5-7-9-11-13-15-17-18-19-20-21-23-25-27-29-31-35-44(47)51-39-41(40-53-56(49,50)52-38-37-46)54-45(48)36-32-34-43-42(55-43)33-30-28-26-24-22-16-14-12-10-8-6-4-2/h5,7,11-14,17-18,20-22,24,28,30,41-43H,3-4,6,8-10,15-16,19,23,25-27,29,31-40,46H2,1-2H3,(H,49,50)/b7-5-,13-11-,14-12-,18-17-,21-20-,24-22-,30-28-/t41-,42?,43?/m1/s1. The van der Waals surface area contributed by atoms with Gasteiger partial charge in [-0.25, -0.2) is 4.57 Å². The lowest BCUT2D eigenvalue weighted by Crippen LogP contribution is -2.29. The molecule has 0 aliphatic carbocycles. The summed E-state index contributed by atoms with van der Waals surface area (Å²) in [6.45, 7) is 3.45. The lowest BCUT2D eigenvalue weighted by molar-refractivity contribution is -0.161. The Kier molecular flexibility index (Phi) is 33.3. The maximum absolute atomic E-state index is 12.6. The molecule has 1 heterocycles. The van der Waals surface area contributed by atoms with Gasteiger partial charge < -0.3 is 24.8 Å². The Bertz CT molecular complexity index is 1260. The van der Waals surface area contributed by atoms with Gasteiger partial charge in [0.2, 0.25) is 0 Å². The largest absolute Gasteiger partial charge is 0.472 e. The molecule has 0 aromatic heterocycles. The van der Waals surface area contributed by atoms with Crippen molar-refractivity contribution in [3.63, 3.8) is 0 Å². The van der Waals surface area contributed by atoms with Crippen LogP contribution in [0, 0.1) is 0 Å². The van der Waals surface area contributed by atoms with Gasteiger partial charge in [-0.05, 0) is 89.9 Å². The van der Waals surface area contributed by atoms with E-state index in [2.05, 4.69) is 98.9 Å². The van der Waals surface area contributed by atoms with Crippen LogP contribution in [0.15, 0.2) is 85.1 Å². The average molecular weight is 804 g/mol. The highest BCUT2D eigenvalue weighted by Gasteiger charge is 2.36. The SMILES string of the molecule is CC/C=C\C/C=C\C/C=C\C/C=C\CCCCCCC(=O)OC[C@H](COP(=O)(O)OCCN)OC(=O)CCCC1OC1C/C=C\C/C=C\C/C=C\CCCCC. The Hall–Kier alpha value is -2.85. The van der Waals surface area contributed by atoms with E-state index in [0.29, 0.717) is 12.8 Å². The van der Waals surface area contributed by atoms with Gasteiger partial charge in [0.05, 0.1) is 25.4 Å². The molecular formula is C45H74NO9P. The Morgan fingerprint density at radius 3 is 1.82 bits per heavy atom. The molecule has 0 amide bonds. The minimum Gasteiger partial charge on any atom is -0.462 e. The highest BCUT2D eigenvalue weighted by molar-refractivity contribution is 7.47. The molecule has 0 aromatic carbocycles. The van der Waals surface area contributed by atoms with Crippen LogP contribution in [0.25, 0.3) is 0 Å². The third-order valence-electron chi connectivity index (χ3n) is 8.69. The summed E-state index contributed by atoms with van der Waals surface area (Å²) < 4.78 is 38.5. The number of allylic oxidation sites excluding steroid dienone is 13. The lowest BCUT2D eigenvalue weighted by Gasteiger charge is -2.19. The number of phosphoric acid groups is 1. The minimum absolute atomic E-state index is 0.0327. The second-order valence-electron chi connectivity index (χ2n) is 13.9. The topological polar surface area (TPSA) is 147 Å². The van der Waals surface area contributed by atoms with E-state index in [1.807, 2.05) is 0 Å². The van der Waals surface area contributed by atoms with Crippen molar-refractivity contribution in [2.45, 2.75) is 161 Å². The van der Waals surface area contributed by atoms with Crippen molar-refractivity contribution < 1.29 is 42.3 Å². The molecule has 0 spiro atoms. The van der Waals surface area contributed by atoms with Gasteiger partial charge in [-0.2, -0.15) is 0 Å². The third-order valence-corrected chi connectivity index (χ3v) is 9.67. The Balaban J connectivity index is 2.28. The highest BCUT2D eigenvalue weighted by atomic mass is 31.2. The third kappa shape index (κ3) is 33.3. The van der Waals surface area contributed by atoms with Gasteiger partial charge in [0.1, 0.15) is 6.61 Å². The molecule has 0 aromatic rings. The van der Waals surface area contributed by atoms with Crippen LogP contribution in [0.4, 0.5) is 0 Å². The van der Waals surface area contributed by atoms with Crippen molar-refractivity contribution in [2.75, 3.05) is 26.4 Å². The molecule has 318 valence electrons. The van der Waals surface area contributed by atoms with Gasteiger partial charge in [0.25, 0.3) is 0 Å². The van der Waals surface area contributed by atoms with Crippen LogP contribution in [0.2, 0.25) is 0 Å². The van der Waals surface area contributed by atoms with E-state index in [4.69, 9.17) is 29.0 Å². The molecule has 3 N–H and O–H groups in total. The number of carbonyl (C=O) groups is 2. The molecule has 1 saturated heterocycles. The molecule has 0 bridgehead atoms. The van der Waals surface area contributed by atoms with Crippen LogP contribution < -0.4 is 5.73 Å². The van der Waals surface area contributed by atoms with Crippen molar-refractivity contribution in [1.82, 2.24) is 0 Å². The normalized spacial score (nSPS) is 17.8. The smallest absolute Gasteiger partial charge is 0.462 e. The van der Waals surface area contributed by atoms with Gasteiger partial charge in [0, 0.05) is 19.4 Å². The summed E-state index contributed by atoms with van der Waals surface area (Å²) in [7, 11) is -4.41. The molecule has 0 saturated carbocycles. The average Bonchev–Trinajstić information content (AvgIpc) is 3.94.